The van der Waals surface area contributed by atoms with Gasteiger partial charge in [0.2, 0.25) is 5.95 Å². The van der Waals surface area contributed by atoms with Crippen LogP contribution in [0.25, 0.3) is 22.8 Å². The molecule has 3 aromatic rings. The Morgan fingerprint density at radius 1 is 1.29 bits per heavy atom. The third-order valence-electron chi connectivity index (χ3n) is 5.28. The van der Waals surface area contributed by atoms with Crippen molar-refractivity contribution in [3.63, 3.8) is 0 Å². The van der Waals surface area contributed by atoms with Gasteiger partial charge < -0.3 is 19.2 Å². The molecule has 148 valence electrons. The van der Waals surface area contributed by atoms with Crippen LogP contribution in [0.4, 0.5) is 5.95 Å². The van der Waals surface area contributed by atoms with Crippen LogP contribution in [-0.2, 0) is 0 Å². The predicted octanol–water partition coefficient (Wildman–Crippen LogP) is 4.38. The fraction of sp³-hybridized carbons (Fsp3) is 0.476. The summed E-state index contributed by atoms with van der Waals surface area (Å²) in [4.78, 5) is 11.7. The fourth-order valence-corrected chi connectivity index (χ4v) is 3.71. The van der Waals surface area contributed by atoms with E-state index < -0.39 is 0 Å². The van der Waals surface area contributed by atoms with E-state index in [1.54, 1.807) is 12.5 Å². The molecule has 4 rings (SSSR count). The number of likely N-dealkylation sites (tertiary alicyclic amines) is 1. The van der Waals surface area contributed by atoms with E-state index in [-0.39, 0.29) is 0 Å². The molecule has 0 unspecified atom stereocenters. The van der Waals surface area contributed by atoms with Crippen LogP contribution >= 0.6 is 0 Å². The second kappa shape index (κ2) is 8.56. The molecule has 1 N–H and O–H groups in total. The maximum atomic E-state index is 5.57. The van der Waals surface area contributed by atoms with Crippen LogP contribution in [0.15, 0.2) is 39.6 Å². The zero-order chi connectivity index (χ0) is 19.3. The van der Waals surface area contributed by atoms with Crippen molar-refractivity contribution in [1.82, 2.24) is 20.0 Å². The molecule has 4 heterocycles. The molecule has 0 spiro atoms. The van der Waals surface area contributed by atoms with Gasteiger partial charge in [-0.2, -0.15) is 0 Å². The smallest absolute Gasteiger partial charge is 0.223 e. The van der Waals surface area contributed by atoms with E-state index in [2.05, 4.69) is 32.3 Å². The highest BCUT2D eigenvalue weighted by atomic mass is 16.5. The molecule has 3 aromatic heterocycles. The van der Waals surface area contributed by atoms with Crippen molar-refractivity contribution in [2.75, 3.05) is 25.0 Å². The van der Waals surface area contributed by atoms with Gasteiger partial charge in [0.25, 0.3) is 0 Å². The molecule has 0 radical (unpaired) electrons. The monoisotopic (exact) mass is 381 g/mol. The van der Waals surface area contributed by atoms with Crippen LogP contribution in [0.2, 0.25) is 0 Å². The molecule has 1 saturated heterocycles. The number of aromatic nitrogens is 3. The van der Waals surface area contributed by atoms with Crippen molar-refractivity contribution in [1.29, 1.82) is 0 Å². The highest BCUT2D eigenvalue weighted by Crippen LogP contribution is 2.31. The molecule has 1 aliphatic rings. The van der Waals surface area contributed by atoms with E-state index in [9.17, 15) is 0 Å². The van der Waals surface area contributed by atoms with Crippen LogP contribution < -0.4 is 5.32 Å². The Kier molecular flexibility index (Phi) is 5.71. The quantitative estimate of drug-likeness (QED) is 0.608. The van der Waals surface area contributed by atoms with E-state index in [0.29, 0.717) is 29.2 Å². The lowest BCUT2D eigenvalue weighted by Gasteiger charge is -2.33. The average Bonchev–Trinajstić information content (AvgIpc) is 3.38. The van der Waals surface area contributed by atoms with Crippen LogP contribution in [0.1, 0.15) is 38.3 Å². The number of nitrogens with zero attached hydrogens (tertiary/aromatic N) is 4. The normalized spacial score (nSPS) is 17.7. The molecule has 0 aromatic carbocycles. The zero-order valence-corrected chi connectivity index (χ0v) is 16.5. The van der Waals surface area contributed by atoms with Gasteiger partial charge in [-0.3, -0.25) is 0 Å². The second-order valence-corrected chi connectivity index (χ2v) is 7.43. The highest BCUT2D eigenvalue weighted by Gasteiger charge is 2.18. The molecule has 0 saturated carbocycles. The Morgan fingerprint density at radius 2 is 2.21 bits per heavy atom. The lowest BCUT2D eigenvalue weighted by Crippen LogP contribution is -2.38. The second-order valence-electron chi connectivity index (χ2n) is 7.43. The number of hydrogen-bond donors (Lipinski definition) is 1. The first-order valence-electron chi connectivity index (χ1n) is 10.0. The van der Waals surface area contributed by atoms with Crippen molar-refractivity contribution >= 4 is 5.95 Å². The van der Waals surface area contributed by atoms with E-state index in [0.717, 1.165) is 30.8 Å². The van der Waals surface area contributed by atoms with Gasteiger partial charge in [-0.15, -0.1) is 0 Å². The Balaban J connectivity index is 1.44. The predicted molar refractivity (Wildman–Crippen MR) is 108 cm³/mol. The lowest BCUT2D eigenvalue weighted by molar-refractivity contribution is 0.160. The number of aryl methyl sites for hydroxylation is 1. The third kappa shape index (κ3) is 4.25. The molecule has 1 atom stereocenters. The molecule has 0 bridgehead atoms. The van der Waals surface area contributed by atoms with Crippen molar-refractivity contribution in [3.8, 4) is 22.8 Å². The fourth-order valence-electron chi connectivity index (χ4n) is 3.71. The van der Waals surface area contributed by atoms with Gasteiger partial charge in [-0.25, -0.2) is 9.97 Å². The SMILES string of the molecule is Cc1cc(-c2cnc(NCCCN3CCCC[C@H]3C)nc2-c2ccco2)on1. The van der Waals surface area contributed by atoms with Crippen LogP contribution in [0, 0.1) is 6.92 Å². The van der Waals surface area contributed by atoms with Gasteiger partial charge in [0.15, 0.2) is 11.5 Å². The van der Waals surface area contributed by atoms with E-state index in [4.69, 9.17) is 8.94 Å². The summed E-state index contributed by atoms with van der Waals surface area (Å²) in [5.74, 6) is 1.91. The topological polar surface area (TPSA) is 80.2 Å². The number of rotatable bonds is 7. The zero-order valence-electron chi connectivity index (χ0n) is 16.5. The van der Waals surface area contributed by atoms with Gasteiger partial charge in [-0.05, 0) is 51.8 Å². The largest absolute Gasteiger partial charge is 0.463 e. The lowest BCUT2D eigenvalue weighted by atomic mass is 10.0. The summed E-state index contributed by atoms with van der Waals surface area (Å²) in [7, 11) is 0. The first kappa shape index (κ1) is 18.7. The number of anilines is 1. The van der Waals surface area contributed by atoms with Crippen molar-refractivity contribution in [2.45, 2.75) is 45.6 Å². The average molecular weight is 381 g/mol. The first-order valence-corrected chi connectivity index (χ1v) is 10.0. The molecule has 1 fully saturated rings. The Morgan fingerprint density at radius 3 is 2.96 bits per heavy atom. The minimum absolute atomic E-state index is 0.595. The number of piperidine rings is 1. The van der Waals surface area contributed by atoms with E-state index in [1.807, 2.05) is 25.1 Å². The number of nitrogens with one attached hydrogen (secondary N) is 1. The Bertz CT molecular complexity index is 890. The number of furan rings is 1. The molecule has 28 heavy (non-hydrogen) atoms. The molecule has 0 amide bonds. The maximum absolute atomic E-state index is 5.57. The molecular weight excluding hydrogens is 354 g/mol. The van der Waals surface area contributed by atoms with Gasteiger partial charge in [0.05, 0.1) is 17.5 Å². The van der Waals surface area contributed by atoms with Crippen molar-refractivity contribution in [2.24, 2.45) is 0 Å². The first-order chi connectivity index (χ1) is 13.7. The van der Waals surface area contributed by atoms with Crippen molar-refractivity contribution in [3.05, 3.63) is 36.4 Å². The summed E-state index contributed by atoms with van der Waals surface area (Å²) in [5.41, 5.74) is 2.28. The summed E-state index contributed by atoms with van der Waals surface area (Å²) in [6.07, 6.45) is 8.45. The highest BCUT2D eigenvalue weighted by molar-refractivity contribution is 5.75. The summed E-state index contributed by atoms with van der Waals surface area (Å²) in [6, 6.07) is 6.30. The van der Waals surface area contributed by atoms with Gasteiger partial charge in [0.1, 0.15) is 5.69 Å². The van der Waals surface area contributed by atoms with Gasteiger partial charge in [0, 0.05) is 31.4 Å². The third-order valence-corrected chi connectivity index (χ3v) is 5.28. The molecule has 7 heteroatoms. The van der Waals surface area contributed by atoms with Crippen molar-refractivity contribution < 1.29 is 8.94 Å². The Hall–Kier alpha value is -2.67. The minimum atomic E-state index is 0.595. The van der Waals surface area contributed by atoms with Gasteiger partial charge >= 0.3 is 0 Å². The maximum Gasteiger partial charge on any atom is 0.223 e. The molecule has 7 nitrogen and oxygen atoms in total. The van der Waals surface area contributed by atoms with Gasteiger partial charge in [-0.1, -0.05) is 11.6 Å². The molecular formula is C21H27N5O2. The summed E-state index contributed by atoms with van der Waals surface area (Å²) in [5, 5.41) is 7.32. The Labute approximate surface area is 165 Å². The molecule has 0 aliphatic carbocycles. The number of hydrogen-bond acceptors (Lipinski definition) is 7. The summed E-state index contributed by atoms with van der Waals surface area (Å²) >= 11 is 0. The summed E-state index contributed by atoms with van der Waals surface area (Å²) < 4.78 is 11.0. The van der Waals surface area contributed by atoms with E-state index in [1.165, 1.54) is 25.8 Å². The van der Waals surface area contributed by atoms with Crippen LogP contribution in [0.3, 0.4) is 0 Å². The summed E-state index contributed by atoms with van der Waals surface area (Å²) in [6.45, 7) is 7.37. The standard InChI is InChI=1S/C21H27N5O2/c1-15-13-19(28-25-15)17-14-23-21(24-20(17)18-8-5-12-27-18)22-9-6-11-26-10-4-3-7-16(26)2/h5,8,12-14,16H,3-4,6-7,9-11H2,1-2H3,(H,22,23,24)/t16-/m1/s1. The van der Waals surface area contributed by atoms with E-state index >= 15 is 0 Å². The minimum Gasteiger partial charge on any atom is -0.463 e. The van der Waals surface area contributed by atoms with Crippen LogP contribution in [-0.4, -0.2) is 45.7 Å². The van der Waals surface area contributed by atoms with Crippen LogP contribution in [0.5, 0.6) is 0 Å². The molecule has 1 aliphatic heterocycles.